The van der Waals surface area contributed by atoms with Gasteiger partial charge in [0.2, 0.25) is 11.8 Å². The van der Waals surface area contributed by atoms with Crippen molar-refractivity contribution in [2.45, 2.75) is 75.4 Å². The van der Waals surface area contributed by atoms with Crippen LogP contribution in [0.2, 0.25) is 0 Å². The maximum Gasteiger partial charge on any atom is 0.243 e. The Balaban J connectivity index is 1.56. The van der Waals surface area contributed by atoms with Gasteiger partial charge >= 0.3 is 0 Å². The molecule has 0 bridgehead atoms. The number of nitrogens with one attached hydrogen (secondary N) is 1. The number of rotatable bonds is 11. The van der Waals surface area contributed by atoms with Crippen LogP contribution in [0.5, 0.6) is 0 Å². The van der Waals surface area contributed by atoms with Crippen molar-refractivity contribution in [2.24, 2.45) is 0 Å². The lowest BCUT2D eigenvalue weighted by molar-refractivity contribution is -0.141. The Hall–Kier alpha value is -3.05. The molecular formula is C32H38N2O2S. The summed E-state index contributed by atoms with van der Waals surface area (Å²) < 4.78 is 0. The molecule has 37 heavy (non-hydrogen) atoms. The van der Waals surface area contributed by atoms with Gasteiger partial charge in [-0.15, -0.1) is 11.8 Å². The summed E-state index contributed by atoms with van der Waals surface area (Å²) in [6.07, 6.45) is 6.45. The number of benzene rings is 3. The molecule has 3 aromatic rings. The van der Waals surface area contributed by atoms with E-state index in [1.54, 1.807) is 11.8 Å². The van der Waals surface area contributed by atoms with Crippen LogP contribution < -0.4 is 5.32 Å². The van der Waals surface area contributed by atoms with Gasteiger partial charge in [0.15, 0.2) is 0 Å². The Kier molecular flexibility index (Phi) is 10.2. The molecule has 3 aromatic carbocycles. The Morgan fingerprint density at radius 2 is 1.57 bits per heavy atom. The first kappa shape index (κ1) is 27.0. The summed E-state index contributed by atoms with van der Waals surface area (Å²) in [5, 5.41) is 3.32. The molecular weight excluding hydrogens is 476 g/mol. The molecule has 5 heteroatoms. The fraction of sp³-hybridized carbons (Fsp3) is 0.375. The second-order valence-electron chi connectivity index (χ2n) is 9.97. The van der Waals surface area contributed by atoms with Gasteiger partial charge in [0.25, 0.3) is 0 Å². The standard InChI is InChI=1S/C32H38N2O2S/c1-25-12-11-15-27(22-25)24-34(31(35)20-21-37-29-18-9-4-10-19-29)30(23-26-13-5-2-6-14-26)32(36)33-28-16-7-3-8-17-28/h2,4-6,9-15,18-19,22,28,30H,3,7-8,16-17,20-21,23-24H2,1H3,(H,33,36). The molecule has 4 rings (SSSR count). The minimum absolute atomic E-state index is 0.0182. The zero-order valence-electron chi connectivity index (χ0n) is 21.8. The number of nitrogens with zero attached hydrogens (tertiary/aromatic N) is 1. The summed E-state index contributed by atoms with van der Waals surface area (Å²) in [7, 11) is 0. The van der Waals surface area contributed by atoms with Crippen molar-refractivity contribution < 1.29 is 9.59 Å². The van der Waals surface area contributed by atoms with Crippen molar-refractivity contribution in [1.82, 2.24) is 10.2 Å². The van der Waals surface area contributed by atoms with Gasteiger partial charge < -0.3 is 10.2 Å². The minimum Gasteiger partial charge on any atom is -0.352 e. The fourth-order valence-corrected chi connectivity index (χ4v) is 5.88. The topological polar surface area (TPSA) is 49.4 Å². The number of amides is 2. The van der Waals surface area contributed by atoms with Gasteiger partial charge in [-0.2, -0.15) is 0 Å². The number of hydrogen-bond acceptors (Lipinski definition) is 3. The summed E-state index contributed by atoms with van der Waals surface area (Å²) in [4.78, 5) is 30.6. The molecule has 1 aliphatic carbocycles. The van der Waals surface area contributed by atoms with Crippen LogP contribution in [0.15, 0.2) is 89.8 Å². The van der Waals surface area contributed by atoms with Gasteiger partial charge in [0.05, 0.1) is 0 Å². The molecule has 0 heterocycles. The van der Waals surface area contributed by atoms with E-state index in [0.29, 0.717) is 25.1 Å². The predicted octanol–water partition coefficient (Wildman–Crippen LogP) is 6.57. The maximum absolute atomic E-state index is 13.8. The first-order valence-electron chi connectivity index (χ1n) is 13.5. The summed E-state index contributed by atoms with van der Waals surface area (Å²) >= 11 is 1.68. The molecule has 0 aliphatic heterocycles. The summed E-state index contributed by atoms with van der Waals surface area (Å²) in [5.74, 6) is 0.660. The average molecular weight is 515 g/mol. The van der Waals surface area contributed by atoms with Gasteiger partial charge in [-0.1, -0.05) is 97.6 Å². The number of hydrogen-bond donors (Lipinski definition) is 1. The fourth-order valence-electron chi connectivity index (χ4n) is 5.02. The highest BCUT2D eigenvalue weighted by Crippen LogP contribution is 2.22. The van der Waals surface area contributed by atoms with Crippen LogP contribution in [0.3, 0.4) is 0 Å². The number of carbonyl (C=O) groups excluding carboxylic acids is 2. The monoisotopic (exact) mass is 514 g/mol. The Morgan fingerprint density at radius 3 is 2.27 bits per heavy atom. The van der Waals surface area contributed by atoms with Crippen molar-refractivity contribution in [3.05, 3.63) is 102 Å². The van der Waals surface area contributed by atoms with Gasteiger partial charge in [0, 0.05) is 36.1 Å². The third-order valence-electron chi connectivity index (χ3n) is 6.99. The van der Waals surface area contributed by atoms with Gasteiger partial charge in [-0.25, -0.2) is 0 Å². The normalized spacial score (nSPS) is 14.6. The third kappa shape index (κ3) is 8.50. The number of thioether (sulfide) groups is 1. The van der Waals surface area contributed by atoms with E-state index in [9.17, 15) is 9.59 Å². The van der Waals surface area contributed by atoms with Crippen LogP contribution in [-0.2, 0) is 22.6 Å². The first-order valence-corrected chi connectivity index (χ1v) is 14.4. The van der Waals surface area contributed by atoms with E-state index >= 15 is 0 Å². The van der Waals surface area contributed by atoms with Crippen molar-refractivity contribution in [3.8, 4) is 0 Å². The lowest BCUT2D eigenvalue weighted by Gasteiger charge is -2.33. The lowest BCUT2D eigenvalue weighted by atomic mass is 9.94. The first-order chi connectivity index (χ1) is 18.1. The summed E-state index contributed by atoms with van der Waals surface area (Å²) in [6.45, 7) is 2.48. The number of aryl methyl sites for hydroxylation is 1. The zero-order chi connectivity index (χ0) is 25.9. The molecule has 1 unspecified atom stereocenters. The zero-order valence-corrected chi connectivity index (χ0v) is 22.6. The van der Waals surface area contributed by atoms with Crippen LogP contribution in [0.1, 0.15) is 55.2 Å². The largest absolute Gasteiger partial charge is 0.352 e. The van der Waals surface area contributed by atoms with Crippen molar-refractivity contribution in [2.75, 3.05) is 5.75 Å². The van der Waals surface area contributed by atoms with Crippen molar-refractivity contribution in [3.63, 3.8) is 0 Å². The molecule has 0 spiro atoms. The van der Waals surface area contributed by atoms with E-state index in [1.165, 1.54) is 6.42 Å². The van der Waals surface area contributed by atoms with E-state index in [2.05, 4.69) is 36.5 Å². The van der Waals surface area contributed by atoms with E-state index in [1.807, 2.05) is 65.6 Å². The quantitative estimate of drug-likeness (QED) is 0.295. The second kappa shape index (κ2) is 14.0. The van der Waals surface area contributed by atoms with Gasteiger partial charge in [0.1, 0.15) is 6.04 Å². The molecule has 1 atom stereocenters. The molecule has 0 radical (unpaired) electrons. The molecule has 194 valence electrons. The van der Waals surface area contributed by atoms with Crippen molar-refractivity contribution in [1.29, 1.82) is 0 Å². The molecule has 1 saturated carbocycles. The second-order valence-corrected chi connectivity index (χ2v) is 11.1. The molecule has 1 N–H and O–H groups in total. The highest BCUT2D eigenvalue weighted by molar-refractivity contribution is 7.99. The van der Waals surface area contributed by atoms with Crippen LogP contribution in [0.25, 0.3) is 0 Å². The molecule has 0 saturated heterocycles. The van der Waals surface area contributed by atoms with Gasteiger partial charge in [-0.3, -0.25) is 9.59 Å². The van der Waals surface area contributed by atoms with Crippen LogP contribution in [0, 0.1) is 6.92 Å². The maximum atomic E-state index is 13.8. The van der Waals surface area contributed by atoms with E-state index in [4.69, 9.17) is 0 Å². The highest BCUT2D eigenvalue weighted by Gasteiger charge is 2.31. The highest BCUT2D eigenvalue weighted by atomic mass is 32.2. The molecule has 4 nitrogen and oxygen atoms in total. The SMILES string of the molecule is Cc1cccc(CN(C(=O)CCSc2ccccc2)C(Cc2ccccc2)C(=O)NC2CCCCC2)c1. The predicted molar refractivity (Wildman–Crippen MR) is 152 cm³/mol. The van der Waals surface area contributed by atoms with Gasteiger partial charge in [-0.05, 0) is 43.0 Å². The average Bonchev–Trinajstić information content (AvgIpc) is 2.92. The van der Waals surface area contributed by atoms with Crippen LogP contribution in [0.4, 0.5) is 0 Å². The molecule has 1 aliphatic rings. The molecule has 2 amide bonds. The molecule has 0 aromatic heterocycles. The smallest absolute Gasteiger partial charge is 0.243 e. The lowest BCUT2D eigenvalue weighted by Crippen LogP contribution is -2.52. The van der Waals surface area contributed by atoms with Crippen molar-refractivity contribution >= 4 is 23.6 Å². The number of carbonyl (C=O) groups is 2. The van der Waals surface area contributed by atoms with E-state index in [-0.39, 0.29) is 17.9 Å². The summed E-state index contributed by atoms with van der Waals surface area (Å²) in [5.41, 5.74) is 3.26. The Morgan fingerprint density at radius 1 is 0.892 bits per heavy atom. The third-order valence-corrected chi connectivity index (χ3v) is 8.00. The minimum atomic E-state index is -0.556. The molecule has 1 fully saturated rings. The Labute approximate surface area is 225 Å². The summed E-state index contributed by atoms with van der Waals surface area (Å²) in [6, 6.07) is 28.1. The van der Waals surface area contributed by atoms with Crippen LogP contribution in [-0.4, -0.2) is 34.6 Å². The Bertz CT molecular complexity index is 1130. The van der Waals surface area contributed by atoms with E-state index < -0.39 is 6.04 Å². The van der Waals surface area contributed by atoms with E-state index in [0.717, 1.165) is 47.3 Å². The van der Waals surface area contributed by atoms with Crippen LogP contribution >= 0.6 is 11.8 Å².